The lowest BCUT2D eigenvalue weighted by molar-refractivity contribution is 0.414. The molecule has 0 spiro atoms. The molecular weight excluding hydrogens is 234 g/mol. The monoisotopic (exact) mass is 244 g/mol. The van der Waals surface area contributed by atoms with Gasteiger partial charge < -0.3 is 4.74 Å². The summed E-state index contributed by atoms with van der Waals surface area (Å²) in [6.07, 6.45) is 0. The maximum Gasteiger partial charge on any atom is 0.174 e. The van der Waals surface area contributed by atoms with E-state index in [9.17, 15) is 4.39 Å². The molecule has 1 aromatic rings. The van der Waals surface area contributed by atoms with Crippen molar-refractivity contribution in [3.8, 4) is 5.75 Å². The van der Waals surface area contributed by atoms with Gasteiger partial charge in [0.2, 0.25) is 0 Å². The van der Waals surface area contributed by atoms with Gasteiger partial charge in [-0.1, -0.05) is 13.6 Å². The molecule has 0 amide bonds. The second kappa shape index (κ2) is 4.14. The molecule has 13 heavy (non-hydrogen) atoms. The first-order valence-corrected chi connectivity index (χ1v) is 4.88. The van der Waals surface area contributed by atoms with Crippen LogP contribution in [0.5, 0.6) is 5.75 Å². The zero-order chi connectivity index (χ0) is 10.0. The molecule has 70 valence electrons. The summed E-state index contributed by atoms with van der Waals surface area (Å²) in [4.78, 5) is 0. The molecule has 0 atom stereocenters. The minimum absolute atomic E-state index is 0.239. The van der Waals surface area contributed by atoms with Crippen molar-refractivity contribution in [2.75, 3.05) is 7.11 Å². The highest BCUT2D eigenvalue weighted by Gasteiger charge is 2.14. The Labute approximate surface area is 86.5 Å². The lowest BCUT2D eigenvalue weighted by atomic mass is 9.49. The van der Waals surface area contributed by atoms with Crippen LogP contribution >= 0.6 is 15.9 Å². The Hall–Kier alpha value is -0.505. The van der Waals surface area contributed by atoms with Crippen LogP contribution in [0.4, 0.5) is 4.39 Å². The second-order valence-electron chi connectivity index (χ2n) is 3.16. The number of rotatable bonds is 2. The van der Waals surface area contributed by atoms with Gasteiger partial charge in [0.05, 0.1) is 11.6 Å². The maximum absolute atomic E-state index is 13.0. The average Bonchev–Trinajstić information content (AvgIpc) is 2.02. The van der Waals surface area contributed by atoms with Crippen LogP contribution in [-0.4, -0.2) is 13.8 Å². The summed E-state index contributed by atoms with van der Waals surface area (Å²) in [5.74, 6) is 0.479. The molecule has 0 aliphatic rings. The van der Waals surface area contributed by atoms with Gasteiger partial charge in [0.1, 0.15) is 11.6 Å². The third-order valence-electron chi connectivity index (χ3n) is 1.86. The molecule has 1 aromatic carbocycles. The molecular formula is C9H11BBrFO. The van der Waals surface area contributed by atoms with Crippen LogP contribution in [-0.2, 0) is 0 Å². The molecule has 0 bridgehead atoms. The Morgan fingerprint density at radius 2 is 2.00 bits per heavy atom. The van der Waals surface area contributed by atoms with Crippen LogP contribution < -0.4 is 10.2 Å². The normalized spacial score (nSPS) is 9.92. The summed E-state index contributed by atoms with van der Waals surface area (Å²) in [6.45, 7) is 4.26. The van der Waals surface area contributed by atoms with Gasteiger partial charge in [-0.25, -0.2) is 4.39 Å². The smallest absolute Gasteiger partial charge is 0.174 e. The molecule has 0 saturated heterocycles. The lowest BCUT2D eigenvalue weighted by Gasteiger charge is -2.11. The van der Waals surface area contributed by atoms with Crippen molar-refractivity contribution in [3.05, 3.63) is 22.4 Å². The van der Waals surface area contributed by atoms with Crippen molar-refractivity contribution in [1.82, 2.24) is 0 Å². The first kappa shape index (κ1) is 10.6. The SMILES string of the molecule is COc1c(Br)cc(F)cc1B(C)C. The maximum atomic E-state index is 13.0. The Kier molecular flexibility index (Phi) is 3.36. The van der Waals surface area contributed by atoms with Crippen LogP contribution in [0.1, 0.15) is 0 Å². The molecule has 0 radical (unpaired) electrons. The predicted molar refractivity (Wildman–Crippen MR) is 57.8 cm³/mol. The van der Waals surface area contributed by atoms with Crippen molar-refractivity contribution < 1.29 is 9.13 Å². The van der Waals surface area contributed by atoms with Gasteiger partial charge in [-0.2, -0.15) is 0 Å². The fraction of sp³-hybridized carbons (Fsp3) is 0.333. The fourth-order valence-corrected chi connectivity index (χ4v) is 1.83. The Morgan fingerprint density at radius 3 is 2.46 bits per heavy atom. The zero-order valence-electron chi connectivity index (χ0n) is 7.90. The van der Waals surface area contributed by atoms with Crippen molar-refractivity contribution in [3.63, 3.8) is 0 Å². The molecule has 4 heteroatoms. The Balaban J connectivity index is 3.29. The van der Waals surface area contributed by atoms with Crippen LogP contribution in [0.15, 0.2) is 16.6 Å². The van der Waals surface area contributed by atoms with E-state index in [0.29, 0.717) is 4.47 Å². The molecule has 0 aliphatic heterocycles. The quantitative estimate of drug-likeness (QED) is 0.727. The fourth-order valence-electron chi connectivity index (χ4n) is 1.22. The van der Waals surface area contributed by atoms with Crippen LogP contribution in [0, 0.1) is 5.82 Å². The number of hydrogen-bond donors (Lipinski definition) is 0. The van der Waals surface area contributed by atoms with E-state index < -0.39 is 0 Å². The molecule has 0 fully saturated rings. The Morgan fingerprint density at radius 1 is 1.38 bits per heavy atom. The number of ether oxygens (including phenoxy) is 1. The first-order valence-electron chi connectivity index (χ1n) is 4.09. The van der Waals surface area contributed by atoms with Crippen LogP contribution in [0.2, 0.25) is 13.6 Å². The van der Waals surface area contributed by atoms with Crippen LogP contribution in [0.25, 0.3) is 0 Å². The van der Waals surface area contributed by atoms with Gasteiger partial charge in [-0.3, -0.25) is 0 Å². The molecule has 1 rings (SSSR count). The lowest BCUT2D eigenvalue weighted by Crippen LogP contribution is -2.25. The molecule has 0 aromatic heterocycles. The highest BCUT2D eigenvalue weighted by molar-refractivity contribution is 9.10. The summed E-state index contributed by atoms with van der Waals surface area (Å²) in [6, 6.07) is 2.92. The standard InChI is InChI=1S/C9H11BBrFO/c1-10(2)7-4-6(12)5-8(11)9(7)13-3/h4-5H,1-3H3. The zero-order valence-corrected chi connectivity index (χ0v) is 9.48. The van der Waals surface area contributed by atoms with Crippen molar-refractivity contribution in [2.24, 2.45) is 0 Å². The van der Waals surface area contributed by atoms with E-state index in [1.54, 1.807) is 7.11 Å². The van der Waals surface area contributed by atoms with E-state index in [0.717, 1.165) is 11.2 Å². The molecule has 0 saturated carbocycles. The molecule has 0 aliphatic carbocycles. The highest BCUT2D eigenvalue weighted by atomic mass is 79.9. The van der Waals surface area contributed by atoms with E-state index in [4.69, 9.17) is 4.74 Å². The second-order valence-corrected chi connectivity index (χ2v) is 4.02. The van der Waals surface area contributed by atoms with E-state index in [1.807, 2.05) is 13.6 Å². The number of methoxy groups -OCH3 is 1. The molecule has 0 heterocycles. The summed E-state index contributed by atoms with van der Waals surface area (Å²) in [5.41, 5.74) is 0.884. The molecule has 1 nitrogen and oxygen atoms in total. The van der Waals surface area contributed by atoms with Gasteiger partial charge in [0, 0.05) is 0 Å². The van der Waals surface area contributed by atoms with Gasteiger partial charge in [0.25, 0.3) is 0 Å². The summed E-state index contributed by atoms with van der Waals surface area (Å²) in [5, 5.41) is 0. The highest BCUT2D eigenvalue weighted by Crippen LogP contribution is 2.23. The molecule has 0 N–H and O–H groups in total. The third-order valence-corrected chi connectivity index (χ3v) is 2.45. The largest absolute Gasteiger partial charge is 0.496 e. The van der Waals surface area contributed by atoms with Gasteiger partial charge in [-0.05, 0) is 33.5 Å². The number of halogens is 2. The van der Waals surface area contributed by atoms with Crippen LogP contribution in [0.3, 0.4) is 0 Å². The van der Waals surface area contributed by atoms with E-state index in [1.165, 1.54) is 12.1 Å². The van der Waals surface area contributed by atoms with Gasteiger partial charge in [0.15, 0.2) is 6.71 Å². The van der Waals surface area contributed by atoms with Gasteiger partial charge in [-0.15, -0.1) is 0 Å². The summed E-state index contributed by atoms with van der Waals surface area (Å²) >= 11 is 3.26. The average molecular weight is 245 g/mol. The van der Waals surface area contributed by atoms with Gasteiger partial charge >= 0.3 is 0 Å². The summed E-state index contributed by atoms with van der Waals surface area (Å²) in [7, 11) is 1.59. The van der Waals surface area contributed by atoms with E-state index >= 15 is 0 Å². The van der Waals surface area contributed by atoms with E-state index in [2.05, 4.69) is 15.9 Å². The van der Waals surface area contributed by atoms with Crippen molar-refractivity contribution in [1.29, 1.82) is 0 Å². The minimum Gasteiger partial charge on any atom is -0.496 e. The first-order chi connectivity index (χ1) is 6.06. The summed E-state index contributed by atoms with van der Waals surface area (Å²) < 4.78 is 18.9. The topological polar surface area (TPSA) is 9.23 Å². The third kappa shape index (κ3) is 2.24. The molecule has 0 unspecified atom stereocenters. The minimum atomic E-state index is -0.239. The van der Waals surface area contributed by atoms with Crippen molar-refractivity contribution in [2.45, 2.75) is 13.6 Å². The van der Waals surface area contributed by atoms with Crippen molar-refractivity contribution >= 4 is 28.1 Å². The predicted octanol–water partition coefficient (Wildman–Crippen LogP) is 2.56. The number of hydrogen-bond acceptors (Lipinski definition) is 1. The number of benzene rings is 1. The van der Waals surface area contributed by atoms with E-state index in [-0.39, 0.29) is 12.5 Å². The Bertz CT molecular complexity index is 315.